The van der Waals surface area contributed by atoms with Crippen LogP contribution in [0.2, 0.25) is 19.1 Å². The van der Waals surface area contributed by atoms with E-state index in [1.54, 1.807) is 28.4 Å². The molecule has 0 spiro atoms. The predicted molar refractivity (Wildman–Crippen MR) is 93.5 cm³/mol. The van der Waals surface area contributed by atoms with E-state index >= 15 is 0 Å². The van der Waals surface area contributed by atoms with E-state index in [0.717, 1.165) is 38.6 Å². The molecule has 22 heavy (non-hydrogen) atoms. The Balaban J connectivity index is 2.15. The van der Waals surface area contributed by atoms with Crippen LogP contribution in [-0.4, -0.2) is 82.3 Å². The summed E-state index contributed by atoms with van der Waals surface area (Å²) in [4.78, 5) is 2.48. The highest BCUT2D eigenvalue weighted by molar-refractivity contribution is 6.67. The minimum Gasteiger partial charge on any atom is -0.398 e. The molecule has 0 aromatic carbocycles. The summed E-state index contributed by atoms with van der Waals surface area (Å²) in [6, 6.07) is 1.03. The van der Waals surface area contributed by atoms with Crippen LogP contribution in [0.1, 0.15) is 12.8 Å². The molecule has 1 fully saturated rings. The van der Waals surface area contributed by atoms with Crippen LogP contribution in [-0.2, 0) is 17.7 Å². The molecule has 1 saturated heterocycles. The molecule has 1 atom stereocenters. The van der Waals surface area contributed by atoms with Crippen molar-refractivity contribution in [3.8, 4) is 0 Å². The summed E-state index contributed by atoms with van der Waals surface area (Å²) in [5, 5.41) is 3.52. The van der Waals surface area contributed by atoms with E-state index in [-0.39, 0.29) is 0 Å². The molecule has 0 amide bonds. The molecule has 1 heterocycles. The van der Waals surface area contributed by atoms with E-state index in [1.807, 2.05) is 0 Å². The van der Waals surface area contributed by atoms with E-state index < -0.39 is 17.1 Å². The maximum Gasteiger partial charge on any atom is 0.352 e. The molecule has 6 nitrogen and oxygen atoms in total. The SMILES string of the molecule is CO[Si](C)(CCCNCCN1CCC1[Si](C)(OC)OC)OC. The summed E-state index contributed by atoms with van der Waals surface area (Å²) in [6.07, 6.45) is 2.28. The number of hydrogen-bond acceptors (Lipinski definition) is 6. The first-order chi connectivity index (χ1) is 10.4. The average Bonchev–Trinajstić information content (AvgIpc) is 2.52. The fraction of sp³-hybridized carbons (Fsp3) is 1.00. The lowest BCUT2D eigenvalue weighted by Gasteiger charge is -2.47. The van der Waals surface area contributed by atoms with Gasteiger partial charge in [0.25, 0.3) is 0 Å². The van der Waals surface area contributed by atoms with E-state index in [4.69, 9.17) is 17.7 Å². The van der Waals surface area contributed by atoms with Crippen molar-refractivity contribution in [1.29, 1.82) is 0 Å². The van der Waals surface area contributed by atoms with E-state index in [2.05, 4.69) is 23.3 Å². The van der Waals surface area contributed by atoms with Crippen LogP contribution >= 0.6 is 0 Å². The third-order valence-corrected chi connectivity index (χ3v) is 11.4. The average molecular weight is 351 g/mol. The Labute approximate surface area is 137 Å². The van der Waals surface area contributed by atoms with Gasteiger partial charge in [-0.15, -0.1) is 0 Å². The van der Waals surface area contributed by atoms with E-state index in [0.29, 0.717) is 5.67 Å². The Morgan fingerprint density at radius 2 is 1.64 bits per heavy atom. The first-order valence-corrected chi connectivity index (χ1v) is 13.0. The maximum atomic E-state index is 5.66. The lowest BCUT2D eigenvalue weighted by atomic mass is 10.2. The van der Waals surface area contributed by atoms with Gasteiger partial charge in [-0.2, -0.15) is 0 Å². The second-order valence-corrected chi connectivity index (χ2v) is 13.3. The van der Waals surface area contributed by atoms with Crippen LogP contribution in [0.25, 0.3) is 0 Å². The highest BCUT2D eigenvalue weighted by Gasteiger charge is 2.47. The summed E-state index contributed by atoms with van der Waals surface area (Å²) in [6.45, 7) is 8.49. The monoisotopic (exact) mass is 350 g/mol. The minimum absolute atomic E-state index is 0.488. The molecule has 1 unspecified atom stereocenters. The van der Waals surface area contributed by atoms with Crippen molar-refractivity contribution < 1.29 is 17.7 Å². The Hall–Kier alpha value is 0.194. The number of likely N-dealkylation sites (tertiary alicyclic amines) is 1. The molecular formula is C14H34N2O4Si2. The third kappa shape index (κ3) is 5.38. The van der Waals surface area contributed by atoms with Gasteiger partial charge in [-0.25, -0.2) is 0 Å². The van der Waals surface area contributed by atoms with Gasteiger partial charge < -0.3 is 23.0 Å². The van der Waals surface area contributed by atoms with Crippen LogP contribution < -0.4 is 5.32 Å². The van der Waals surface area contributed by atoms with Crippen molar-refractivity contribution in [2.75, 3.05) is 54.6 Å². The lowest BCUT2D eigenvalue weighted by molar-refractivity contribution is 0.0915. The molecule has 8 heteroatoms. The second-order valence-electron chi connectivity index (χ2n) is 6.16. The van der Waals surface area contributed by atoms with Crippen LogP contribution in [0.3, 0.4) is 0 Å². The highest BCUT2D eigenvalue weighted by atomic mass is 28.4. The van der Waals surface area contributed by atoms with Gasteiger partial charge in [-0.1, -0.05) is 0 Å². The van der Waals surface area contributed by atoms with Gasteiger partial charge in [-0.05, 0) is 45.1 Å². The number of hydrogen-bond donors (Lipinski definition) is 1. The minimum atomic E-state index is -2.02. The van der Waals surface area contributed by atoms with Crippen molar-refractivity contribution in [2.24, 2.45) is 0 Å². The van der Waals surface area contributed by atoms with Crippen LogP contribution in [0.5, 0.6) is 0 Å². The smallest absolute Gasteiger partial charge is 0.352 e. The lowest BCUT2D eigenvalue weighted by Crippen LogP contribution is -2.65. The van der Waals surface area contributed by atoms with Crippen LogP contribution in [0, 0.1) is 0 Å². The van der Waals surface area contributed by atoms with Crippen molar-refractivity contribution >= 4 is 17.1 Å². The van der Waals surface area contributed by atoms with Crippen LogP contribution in [0.15, 0.2) is 0 Å². The molecule has 1 N–H and O–H groups in total. The topological polar surface area (TPSA) is 52.2 Å². The van der Waals surface area contributed by atoms with Crippen molar-refractivity contribution in [3.05, 3.63) is 0 Å². The van der Waals surface area contributed by atoms with Gasteiger partial charge in [0.1, 0.15) is 0 Å². The molecule has 0 aliphatic carbocycles. The normalized spacial score (nSPS) is 20.2. The summed E-state index contributed by atoms with van der Waals surface area (Å²) >= 11 is 0. The zero-order valence-electron chi connectivity index (χ0n) is 15.1. The zero-order chi connectivity index (χ0) is 16.6. The van der Waals surface area contributed by atoms with Gasteiger partial charge in [0, 0.05) is 41.5 Å². The Kier molecular flexibility index (Phi) is 8.72. The van der Waals surface area contributed by atoms with Gasteiger partial charge >= 0.3 is 17.1 Å². The molecule has 1 aliphatic heterocycles. The quantitative estimate of drug-likeness (QED) is 0.423. The zero-order valence-corrected chi connectivity index (χ0v) is 17.1. The van der Waals surface area contributed by atoms with Gasteiger partial charge in [0.05, 0.1) is 5.67 Å². The van der Waals surface area contributed by atoms with E-state index in [1.165, 1.54) is 6.42 Å². The first-order valence-electron chi connectivity index (χ1n) is 8.10. The van der Waals surface area contributed by atoms with E-state index in [9.17, 15) is 0 Å². The van der Waals surface area contributed by atoms with Crippen molar-refractivity contribution in [3.63, 3.8) is 0 Å². The van der Waals surface area contributed by atoms with Crippen LogP contribution in [0.4, 0.5) is 0 Å². The maximum absolute atomic E-state index is 5.66. The fourth-order valence-electron chi connectivity index (χ4n) is 2.83. The summed E-state index contributed by atoms with van der Waals surface area (Å²) < 4.78 is 22.3. The molecule has 1 aliphatic rings. The number of rotatable bonds is 12. The van der Waals surface area contributed by atoms with Gasteiger partial charge in [0.15, 0.2) is 0 Å². The van der Waals surface area contributed by atoms with Crippen molar-refractivity contribution in [2.45, 2.75) is 37.6 Å². The van der Waals surface area contributed by atoms with Gasteiger partial charge in [0.2, 0.25) is 0 Å². The fourth-order valence-corrected chi connectivity index (χ4v) is 6.51. The standard InChI is InChI=1S/C14H34N2O4Si2/c1-17-21(5,18-2)13-7-9-15-10-12-16-11-8-14(16)22(6,19-3)20-4/h14-15H,7-13H2,1-6H3. The number of nitrogens with zero attached hydrogens (tertiary/aromatic N) is 1. The molecule has 0 aromatic rings. The molecule has 0 aromatic heterocycles. The summed E-state index contributed by atoms with van der Waals surface area (Å²) in [5.41, 5.74) is 0.488. The largest absolute Gasteiger partial charge is 0.398 e. The molecule has 1 rings (SSSR count). The Morgan fingerprint density at radius 3 is 2.09 bits per heavy atom. The molecule has 0 saturated carbocycles. The first kappa shape index (κ1) is 20.2. The molecule has 132 valence electrons. The Bertz CT molecular complexity index is 315. The molecule has 0 bridgehead atoms. The third-order valence-electron chi connectivity index (χ3n) is 4.97. The highest BCUT2D eigenvalue weighted by Crippen LogP contribution is 2.27. The Morgan fingerprint density at radius 1 is 1.00 bits per heavy atom. The molecular weight excluding hydrogens is 316 g/mol. The molecule has 0 radical (unpaired) electrons. The predicted octanol–water partition coefficient (Wildman–Crippen LogP) is 1.31. The van der Waals surface area contributed by atoms with Gasteiger partial charge in [-0.3, -0.25) is 4.90 Å². The number of nitrogens with one attached hydrogen (secondary N) is 1. The van der Waals surface area contributed by atoms with Crippen molar-refractivity contribution in [1.82, 2.24) is 10.2 Å². The second kappa shape index (κ2) is 9.48. The summed E-state index contributed by atoms with van der Waals surface area (Å²) in [7, 11) is 3.13. The summed E-state index contributed by atoms with van der Waals surface area (Å²) in [5.74, 6) is 0.